The zero-order chi connectivity index (χ0) is 16.0. The lowest BCUT2D eigenvalue weighted by Gasteiger charge is -2.25. The summed E-state index contributed by atoms with van der Waals surface area (Å²) in [5.41, 5.74) is 0.761. The lowest BCUT2D eigenvalue weighted by Crippen LogP contribution is -2.18. The van der Waals surface area contributed by atoms with E-state index in [0.29, 0.717) is 23.0 Å². The summed E-state index contributed by atoms with van der Waals surface area (Å²) in [5.74, 6) is 1.62. The van der Waals surface area contributed by atoms with Gasteiger partial charge in [0.2, 0.25) is 0 Å². The molecule has 0 heterocycles. The maximum absolute atomic E-state index is 10.3. The number of ether oxygens (including phenoxy) is 2. The quantitative estimate of drug-likeness (QED) is 0.766. The summed E-state index contributed by atoms with van der Waals surface area (Å²) < 4.78 is 10.9. The highest BCUT2D eigenvalue weighted by Gasteiger charge is 2.27. The first-order valence-corrected chi connectivity index (χ1v) is 7.11. The van der Waals surface area contributed by atoms with Crippen molar-refractivity contribution in [3.05, 3.63) is 48.1 Å². The summed E-state index contributed by atoms with van der Waals surface area (Å²) in [5, 5.41) is 10.3. The Morgan fingerprint density at radius 1 is 1.24 bits per heavy atom. The van der Waals surface area contributed by atoms with Crippen molar-refractivity contribution in [3.8, 4) is 11.5 Å². The van der Waals surface area contributed by atoms with Gasteiger partial charge in [0.1, 0.15) is 11.5 Å². The molecule has 0 bridgehead atoms. The van der Waals surface area contributed by atoms with E-state index < -0.39 is 5.60 Å². The first kappa shape index (κ1) is 17.3. The van der Waals surface area contributed by atoms with E-state index in [1.165, 1.54) is 0 Å². The van der Waals surface area contributed by atoms with Crippen molar-refractivity contribution in [1.82, 2.24) is 0 Å². The Hall–Kier alpha value is -1.74. The van der Waals surface area contributed by atoms with Crippen LogP contribution >= 0.6 is 0 Å². The summed E-state index contributed by atoms with van der Waals surface area (Å²) in [7, 11) is 3.21. The molecule has 0 aliphatic carbocycles. The van der Waals surface area contributed by atoms with E-state index in [4.69, 9.17) is 9.47 Å². The molecule has 0 radical (unpaired) electrons. The van der Waals surface area contributed by atoms with E-state index in [1.807, 2.05) is 18.2 Å². The molecule has 1 aromatic carbocycles. The van der Waals surface area contributed by atoms with E-state index in [2.05, 4.69) is 19.6 Å². The molecule has 0 aromatic heterocycles. The molecule has 0 saturated heterocycles. The van der Waals surface area contributed by atoms with Gasteiger partial charge in [-0.15, -0.1) is 0 Å². The molecule has 1 rings (SSSR count). The zero-order valence-electron chi connectivity index (χ0n) is 13.6. The summed E-state index contributed by atoms with van der Waals surface area (Å²) in [4.78, 5) is 0. The average Bonchev–Trinajstić information content (AvgIpc) is 2.44. The fourth-order valence-corrected chi connectivity index (χ4v) is 2.33. The van der Waals surface area contributed by atoms with Crippen LogP contribution in [0, 0.1) is 0 Å². The maximum Gasteiger partial charge on any atom is 0.128 e. The normalized spacial score (nSPS) is 13.2. The number of aliphatic hydroxyl groups is 1. The zero-order valence-corrected chi connectivity index (χ0v) is 13.6. The van der Waals surface area contributed by atoms with Crippen molar-refractivity contribution in [3.63, 3.8) is 0 Å². The van der Waals surface area contributed by atoms with Crippen LogP contribution in [0.1, 0.15) is 44.2 Å². The molecule has 0 aliphatic rings. The van der Waals surface area contributed by atoms with Crippen LogP contribution in [0.2, 0.25) is 0 Å². The van der Waals surface area contributed by atoms with E-state index in [1.54, 1.807) is 34.1 Å². The molecule has 0 saturated carbocycles. The van der Waals surface area contributed by atoms with Crippen LogP contribution in [-0.2, 0) is 5.60 Å². The van der Waals surface area contributed by atoms with Crippen LogP contribution in [0.5, 0.6) is 11.5 Å². The Morgan fingerprint density at radius 2 is 1.76 bits per heavy atom. The Kier molecular flexibility index (Phi) is 6.03. The monoisotopic (exact) mass is 290 g/mol. The molecule has 1 unspecified atom stereocenters. The number of benzene rings is 1. The first-order valence-electron chi connectivity index (χ1n) is 7.11. The predicted molar refractivity (Wildman–Crippen MR) is 87.2 cm³/mol. The Morgan fingerprint density at radius 3 is 2.14 bits per heavy atom. The molecule has 21 heavy (non-hydrogen) atoms. The predicted octanol–water partition coefficient (Wildman–Crippen LogP) is 4.17. The molecule has 1 aromatic rings. The summed E-state index contributed by atoms with van der Waals surface area (Å²) in [6, 6.07) is 3.95. The average molecular weight is 290 g/mol. The van der Waals surface area contributed by atoms with Gasteiger partial charge >= 0.3 is 0 Å². The van der Waals surface area contributed by atoms with Crippen LogP contribution in [0.3, 0.4) is 0 Å². The molecule has 0 aliphatic heterocycles. The fraction of sp³-hybridized carbons (Fsp3) is 0.444. The smallest absolute Gasteiger partial charge is 0.128 e. The Labute approximate surface area is 127 Å². The fourth-order valence-electron chi connectivity index (χ4n) is 2.33. The Bertz CT molecular complexity index is 485. The SMILES string of the molecule is C=C/C=C\CC(C)c1cc(OC)c(C(C)(C)O)c(OC)c1. The van der Waals surface area contributed by atoms with Crippen molar-refractivity contribution in [1.29, 1.82) is 0 Å². The second-order valence-corrected chi connectivity index (χ2v) is 5.66. The van der Waals surface area contributed by atoms with Crippen LogP contribution < -0.4 is 9.47 Å². The van der Waals surface area contributed by atoms with Gasteiger partial charge in [-0.3, -0.25) is 0 Å². The van der Waals surface area contributed by atoms with Crippen molar-refractivity contribution in [2.75, 3.05) is 14.2 Å². The second kappa shape index (κ2) is 7.32. The third kappa shape index (κ3) is 4.36. The number of rotatable bonds is 7. The first-order chi connectivity index (χ1) is 9.85. The van der Waals surface area contributed by atoms with Gasteiger partial charge in [0, 0.05) is 0 Å². The van der Waals surface area contributed by atoms with Gasteiger partial charge in [-0.25, -0.2) is 0 Å². The van der Waals surface area contributed by atoms with Crippen LogP contribution in [0.15, 0.2) is 36.9 Å². The van der Waals surface area contributed by atoms with Crippen LogP contribution in [0.25, 0.3) is 0 Å². The molecule has 0 amide bonds. The Balaban J connectivity index is 3.26. The van der Waals surface area contributed by atoms with Gasteiger partial charge in [0.15, 0.2) is 0 Å². The molecule has 1 atom stereocenters. The number of methoxy groups -OCH3 is 2. The van der Waals surface area contributed by atoms with E-state index in [0.717, 1.165) is 12.0 Å². The third-order valence-corrected chi connectivity index (χ3v) is 3.47. The minimum absolute atomic E-state index is 0.319. The van der Waals surface area contributed by atoms with Gasteiger partial charge in [-0.1, -0.05) is 31.7 Å². The largest absolute Gasteiger partial charge is 0.496 e. The highest BCUT2D eigenvalue weighted by atomic mass is 16.5. The minimum atomic E-state index is -1.03. The maximum atomic E-state index is 10.3. The van der Waals surface area contributed by atoms with Gasteiger partial charge in [0.05, 0.1) is 25.4 Å². The lowest BCUT2D eigenvalue weighted by molar-refractivity contribution is 0.0725. The van der Waals surface area contributed by atoms with E-state index >= 15 is 0 Å². The van der Waals surface area contributed by atoms with Crippen LogP contribution in [0.4, 0.5) is 0 Å². The van der Waals surface area contributed by atoms with Crippen LogP contribution in [-0.4, -0.2) is 19.3 Å². The van der Waals surface area contributed by atoms with Gasteiger partial charge in [-0.2, -0.15) is 0 Å². The lowest BCUT2D eigenvalue weighted by atomic mass is 9.90. The van der Waals surface area contributed by atoms with Gasteiger partial charge < -0.3 is 14.6 Å². The number of hydrogen-bond acceptors (Lipinski definition) is 3. The van der Waals surface area contributed by atoms with Gasteiger partial charge in [0.25, 0.3) is 0 Å². The number of allylic oxidation sites excluding steroid dienone is 3. The number of hydrogen-bond donors (Lipinski definition) is 1. The van der Waals surface area contributed by atoms with E-state index in [9.17, 15) is 5.11 Å². The summed E-state index contributed by atoms with van der Waals surface area (Å²) in [6.07, 6.45) is 6.70. The van der Waals surface area contributed by atoms with Crippen molar-refractivity contribution in [2.24, 2.45) is 0 Å². The second-order valence-electron chi connectivity index (χ2n) is 5.66. The molecule has 3 heteroatoms. The van der Waals surface area contributed by atoms with Gasteiger partial charge in [-0.05, 0) is 43.9 Å². The molecule has 116 valence electrons. The topological polar surface area (TPSA) is 38.7 Å². The molecule has 0 fully saturated rings. The highest BCUT2D eigenvalue weighted by Crippen LogP contribution is 2.40. The van der Waals surface area contributed by atoms with E-state index in [-0.39, 0.29) is 0 Å². The van der Waals surface area contributed by atoms with Crippen molar-refractivity contribution < 1.29 is 14.6 Å². The molecule has 3 nitrogen and oxygen atoms in total. The third-order valence-electron chi connectivity index (χ3n) is 3.47. The molecular formula is C18H26O3. The highest BCUT2D eigenvalue weighted by molar-refractivity contribution is 5.51. The minimum Gasteiger partial charge on any atom is -0.496 e. The summed E-state index contributed by atoms with van der Waals surface area (Å²) in [6.45, 7) is 9.26. The molecule has 1 N–H and O–H groups in total. The van der Waals surface area contributed by atoms with Crippen molar-refractivity contribution in [2.45, 2.75) is 38.7 Å². The molecule has 0 spiro atoms. The summed E-state index contributed by atoms with van der Waals surface area (Å²) >= 11 is 0. The standard InChI is InChI=1S/C18H26O3/c1-7-8-9-10-13(2)14-11-15(20-5)17(18(3,4)19)16(12-14)21-6/h7-9,11-13,19H,1,10H2,2-6H3/b9-8-. The van der Waals surface area contributed by atoms with Crippen molar-refractivity contribution >= 4 is 0 Å². The molecular weight excluding hydrogens is 264 g/mol.